The largest absolute Gasteiger partial charge is 0.365 e. The van der Waals surface area contributed by atoms with Crippen molar-refractivity contribution >= 4 is 23.2 Å². The topological polar surface area (TPSA) is 67.4 Å². The molecule has 5 heteroatoms. The summed E-state index contributed by atoms with van der Waals surface area (Å²) in [5.74, 6) is -0.408. The lowest BCUT2D eigenvalue weighted by atomic mass is 10.0. The molecular formula is C20H22N2O3. The summed E-state index contributed by atoms with van der Waals surface area (Å²) in [4.78, 5) is 25.0. The van der Waals surface area contributed by atoms with E-state index in [1.807, 2.05) is 37.3 Å². The van der Waals surface area contributed by atoms with Gasteiger partial charge in [-0.1, -0.05) is 24.3 Å². The molecule has 0 aromatic heterocycles. The first-order valence-electron chi connectivity index (χ1n) is 8.40. The fourth-order valence-corrected chi connectivity index (χ4v) is 2.87. The summed E-state index contributed by atoms with van der Waals surface area (Å²) >= 11 is 0. The Hall–Kier alpha value is -2.66. The summed E-state index contributed by atoms with van der Waals surface area (Å²) in [6, 6.07) is 14.5. The molecule has 0 saturated carbocycles. The standard InChI is InChI=1S/C20H22N2O3/c1-14-9-10-16(21-18(23)15-7-4-3-5-8-15)17(13-14)22-19(24)20(2)11-6-12-25-20/h3-5,7-10,13H,6,11-12H2,1-2H3,(H,21,23)(H,22,24). The third-order valence-corrected chi connectivity index (χ3v) is 4.41. The molecule has 2 N–H and O–H groups in total. The smallest absolute Gasteiger partial charge is 0.256 e. The van der Waals surface area contributed by atoms with Gasteiger partial charge < -0.3 is 15.4 Å². The first-order chi connectivity index (χ1) is 12.0. The van der Waals surface area contributed by atoms with Gasteiger partial charge in [-0.25, -0.2) is 0 Å². The predicted octanol–water partition coefficient (Wildman–Crippen LogP) is 3.75. The molecule has 1 saturated heterocycles. The van der Waals surface area contributed by atoms with Crippen molar-refractivity contribution < 1.29 is 14.3 Å². The highest BCUT2D eigenvalue weighted by Crippen LogP contribution is 2.29. The van der Waals surface area contributed by atoms with Crippen LogP contribution in [0.1, 0.15) is 35.7 Å². The zero-order valence-corrected chi connectivity index (χ0v) is 14.5. The Kier molecular flexibility index (Phi) is 4.86. The van der Waals surface area contributed by atoms with Gasteiger partial charge >= 0.3 is 0 Å². The molecule has 0 spiro atoms. The molecule has 0 aliphatic carbocycles. The summed E-state index contributed by atoms with van der Waals surface area (Å²) in [7, 11) is 0. The van der Waals surface area contributed by atoms with Gasteiger partial charge in [0.25, 0.3) is 11.8 Å². The number of carbonyl (C=O) groups excluding carboxylic acids is 2. The van der Waals surface area contributed by atoms with Crippen LogP contribution in [-0.2, 0) is 9.53 Å². The maximum Gasteiger partial charge on any atom is 0.256 e. The van der Waals surface area contributed by atoms with Gasteiger partial charge in [0.05, 0.1) is 11.4 Å². The van der Waals surface area contributed by atoms with E-state index in [1.54, 1.807) is 25.1 Å². The Labute approximate surface area is 147 Å². The maximum atomic E-state index is 12.6. The molecule has 0 radical (unpaired) electrons. The van der Waals surface area contributed by atoms with Gasteiger partial charge in [0.15, 0.2) is 0 Å². The molecule has 0 bridgehead atoms. The monoisotopic (exact) mass is 338 g/mol. The average Bonchev–Trinajstić information content (AvgIpc) is 3.06. The molecule has 1 unspecified atom stereocenters. The minimum atomic E-state index is -0.815. The van der Waals surface area contributed by atoms with Crippen molar-refractivity contribution in [1.29, 1.82) is 0 Å². The summed E-state index contributed by atoms with van der Waals surface area (Å²) < 4.78 is 5.60. The molecule has 1 aliphatic rings. The van der Waals surface area contributed by atoms with Crippen molar-refractivity contribution in [2.45, 2.75) is 32.3 Å². The Balaban J connectivity index is 1.81. The van der Waals surface area contributed by atoms with Crippen LogP contribution >= 0.6 is 0 Å². The van der Waals surface area contributed by atoms with Gasteiger partial charge in [-0.15, -0.1) is 0 Å². The normalized spacial score (nSPS) is 19.4. The minimum Gasteiger partial charge on any atom is -0.365 e. The Bertz CT molecular complexity index is 781. The molecule has 2 aromatic carbocycles. The lowest BCUT2D eigenvalue weighted by molar-refractivity contribution is -0.133. The van der Waals surface area contributed by atoms with Crippen LogP contribution in [0, 0.1) is 6.92 Å². The first kappa shape index (κ1) is 17.2. The molecule has 2 amide bonds. The van der Waals surface area contributed by atoms with Crippen LogP contribution in [0.3, 0.4) is 0 Å². The third-order valence-electron chi connectivity index (χ3n) is 4.41. The zero-order valence-electron chi connectivity index (χ0n) is 14.5. The van der Waals surface area contributed by atoms with Crippen LogP contribution in [0.2, 0.25) is 0 Å². The highest BCUT2D eigenvalue weighted by atomic mass is 16.5. The lowest BCUT2D eigenvalue weighted by Gasteiger charge is -2.23. The van der Waals surface area contributed by atoms with Crippen LogP contribution in [0.25, 0.3) is 0 Å². The maximum absolute atomic E-state index is 12.6. The van der Waals surface area contributed by atoms with Crippen LogP contribution in [0.4, 0.5) is 11.4 Å². The number of nitrogens with one attached hydrogen (secondary N) is 2. The Morgan fingerprint density at radius 2 is 1.80 bits per heavy atom. The molecule has 3 rings (SSSR count). The van der Waals surface area contributed by atoms with Gasteiger partial charge in [-0.2, -0.15) is 0 Å². The summed E-state index contributed by atoms with van der Waals surface area (Å²) in [5.41, 5.74) is 1.88. The number of rotatable bonds is 4. The fourth-order valence-electron chi connectivity index (χ4n) is 2.87. The van der Waals surface area contributed by atoms with Crippen molar-refractivity contribution in [3.8, 4) is 0 Å². The van der Waals surface area contributed by atoms with Gasteiger partial charge in [-0.3, -0.25) is 9.59 Å². The van der Waals surface area contributed by atoms with E-state index in [9.17, 15) is 9.59 Å². The van der Waals surface area contributed by atoms with Gasteiger partial charge in [0.2, 0.25) is 0 Å². The molecule has 130 valence electrons. The molecular weight excluding hydrogens is 316 g/mol. The summed E-state index contributed by atoms with van der Waals surface area (Å²) in [6.07, 6.45) is 1.56. The average molecular weight is 338 g/mol. The fraction of sp³-hybridized carbons (Fsp3) is 0.300. The first-order valence-corrected chi connectivity index (χ1v) is 8.40. The van der Waals surface area contributed by atoms with E-state index in [-0.39, 0.29) is 11.8 Å². The second-order valence-electron chi connectivity index (χ2n) is 6.51. The number of ether oxygens (including phenoxy) is 1. The van der Waals surface area contributed by atoms with E-state index < -0.39 is 5.60 Å². The van der Waals surface area contributed by atoms with E-state index in [0.29, 0.717) is 30.0 Å². The van der Waals surface area contributed by atoms with Crippen LogP contribution < -0.4 is 10.6 Å². The van der Waals surface area contributed by atoms with E-state index in [0.717, 1.165) is 12.0 Å². The summed E-state index contributed by atoms with van der Waals surface area (Å²) in [6.45, 7) is 4.33. The number of hydrogen-bond donors (Lipinski definition) is 2. The van der Waals surface area contributed by atoms with Crippen molar-refractivity contribution in [1.82, 2.24) is 0 Å². The molecule has 1 atom stereocenters. The highest BCUT2D eigenvalue weighted by Gasteiger charge is 2.38. The van der Waals surface area contributed by atoms with Crippen LogP contribution in [-0.4, -0.2) is 24.0 Å². The number of hydrogen-bond acceptors (Lipinski definition) is 3. The van der Waals surface area contributed by atoms with Crippen molar-refractivity contribution in [2.24, 2.45) is 0 Å². The van der Waals surface area contributed by atoms with E-state index >= 15 is 0 Å². The molecule has 1 aliphatic heterocycles. The SMILES string of the molecule is Cc1ccc(NC(=O)c2ccccc2)c(NC(=O)C2(C)CCCO2)c1. The predicted molar refractivity (Wildman–Crippen MR) is 97.8 cm³/mol. The number of carbonyl (C=O) groups is 2. The van der Waals surface area contributed by atoms with E-state index in [4.69, 9.17) is 4.74 Å². The number of amides is 2. The van der Waals surface area contributed by atoms with Crippen LogP contribution in [0.15, 0.2) is 48.5 Å². The Morgan fingerprint density at radius 1 is 1.04 bits per heavy atom. The van der Waals surface area contributed by atoms with E-state index in [1.165, 1.54) is 0 Å². The lowest BCUT2D eigenvalue weighted by Crippen LogP contribution is -2.39. The van der Waals surface area contributed by atoms with E-state index in [2.05, 4.69) is 10.6 Å². The van der Waals surface area contributed by atoms with Gasteiger partial charge in [0.1, 0.15) is 5.60 Å². The molecule has 1 heterocycles. The van der Waals surface area contributed by atoms with Crippen molar-refractivity contribution in [3.05, 3.63) is 59.7 Å². The third kappa shape index (κ3) is 3.88. The molecule has 1 fully saturated rings. The second-order valence-corrected chi connectivity index (χ2v) is 6.51. The number of aryl methyl sites for hydroxylation is 1. The molecule has 25 heavy (non-hydrogen) atoms. The summed E-state index contributed by atoms with van der Waals surface area (Å²) in [5, 5.41) is 5.78. The quantitative estimate of drug-likeness (QED) is 0.892. The number of benzene rings is 2. The minimum absolute atomic E-state index is 0.189. The van der Waals surface area contributed by atoms with Gasteiger partial charge in [-0.05, 0) is 56.5 Å². The van der Waals surface area contributed by atoms with Crippen LogP contribution in [0.5, 0.6) is 0 Å². The Morgan fingerprint density at radius 3 is 2.48 bits per heavy atom. The molecule has 5 nitrogen and oxygen atoms in total. The second kappa shape index (κ2) is 7.07. The van der Waals surface area contributed by atoms with Crippen molar-refractivity contribution in [3.63, 3.8) is 0 Å². The van der Waals surface area contributed by atoms with Gasteiger partial charge in [0, 0.05) is 12.2 Å². The van der Waals surface area contributed by atoms with Crippen molar-refractivity contribution in [2.75, 3.05) is 17.2 Å². The number of anilines is 2. The highest BCUT2D eigenvalue weighted by molar-refractivity contribution is 6.08. The zero-order chi connectivity index (χ0) is 17.9. The molecule has 2 aromatic rings.